The molecule has 0 bridgehead atoms. The molecule has 3 aliphatic rings. The van der Waals surface area contributed by atoms with Crippen LogP contribution in [0.5, 0.6) is 11.5 Å². The van der Waals surface area contributed by atoms with E-state index in [1.807, 2.05) is 6.07 Å². The number of carboxylic acids is 3. The third kappa shape index (κ3) is 7.49. The Kier molecular flexibility index (Phi) is 10.8. The molecule has 1 aromatic carbocycles. The topological polar surface area (TPSA) is 186 Å². The number of carbonyl (C=O) groups excluding carboxylic acids is 2. The normalized spacial score (nSPS) is 28.2. The molecule has 44 heavy (non-hydrogen) atoms. The summed E-state index contributed by atoms with van der Waals surface area (Å²) in [6.07, 6.45) is -0.567. The van der Waals surface area contributed by atoms with E-state index in [2.05, 4.69) is 11.8 Å². The Hall–Kier alpha value is -3.71. The molecule has 0 amide bonds. The lowest BCUT2D eigenvalue weighted by Crippen LogP contribution is -2.54. The molecule has 1 aliphatic carbocycles. The van der Waals surface area contributed by atoms with E-state index in [0.717, 1.165) is 57.0 Å². The largest absolute Gasteiger partial charge is 0.481 e. The van der Waals surface area contributed by atoms with Crippen LogP contribution in [0.4, 0.5) is 0 Å². The minimum Gasteiger partial charge on any atom is -0.481 e. The number of ether oxygens (including phenoxy) is 4. The van der Waals surface area contributed by atoms with E-state index in [-0.39, 0.29) is 11.5 Å². The zero-order valence-corrected chi connectivity index (χ0v) is 25.2. The maximum Gasteiger partial charge on any atom is 0.335 e. The van der Waals surface area contributed by atoms with Crippen LogP contribution >= 0.6 is 0 Å². The van der Waals surface area contributed by atoms with E-state index >= 15 is 0 Å². The number of hydrogen-bond acceptors (Lipinski definition) is 10. The Labute approximate surface area is 255 Å². The van der Waals surface area contributed by atoms with Gasteiger partial charge in [0.1, 0.15) is 0 Å². The van der Waals surface area contributed by atoms with Crippen LogP contribution in [-0.4, -0.2) is 88.7 Å². The van der Waals surface area contributed by atoms with Gasteiger partial charge in [0, 0.05) is 36.8 Å². The predicted molar refractivity (Wildman–Crippen MR) is 152 cm³/mol. The number of hydrogen-bond donors (Lipinski definition) is 3. The number of methoxy groups -OCH3 is 1. The molecule has 0 saturated carbocycles. The summed E-state index contributed by atoms with van der Waals surface area (Å²) in [5.41, 5.74) is 1.75. The van der Waals surface area contributed by atoms with Crippen molar-refractivity contribution in [1.29, 1.82) is 0 Å². The number of fused-ring (bicyclic) bond motifs is 2. The van der Waals surface area contributed by atoms with E-state index in [1.54, 1.807) is 6.07 Å². The summed E-state index contributed by atoms with van der Waals surface area (Å²) < 4.78 is 22.8. The molecule has 13 heteroatoms. The van der Waals surface area contributed by atoms with Gasteiger partial charge in [-0.2, -0.15) is 0 Å². The van der Waals surface area contributed by atoms with Gasteiger partial charge in [0.25, 0.3) is 0 Å². The molecular weight excluding hydrogens is 578 g/mol. The number of esters is 2. The highest BCUT2D eigenvalue weighted by atomic mass is 16.7. The lowest BCUT2D eigenvalue weighted by molar-refractivity contribution is -0.234. The molecule has 2 saturated heterocycles. The van der Waals surface area contributed by atoms with E-state index < -0.39 is 79.3 Å². The first-order chi connectivity index (χ1) is 20.9. The van der Waals surface area contributed by atoms with Crippen molar-refractivity contribution in [3.8, 4) is 11.5 Å². The van der Waals surface area contributed by atoms with E-state index in [0.29, 0.717) is 18.4 Å². The number of rotatable bonds is 12. The fraction of sp³-hybridized carbons (Fsp3) is 0.645. The molecule has 2 aliphatic heterocycles. The zero-order chi connectivity index (χ0) is 32.1. The molecule has 0 spiro atoms. The van der Waals surface area contributed by atoms with Gasteiger partial charge in [-0.3, -0.25) is 24.1 Å². The summed E-state index contributed by atoms with van der Waals surface area (Å²) in [4.78, 5) is 63.3. The third-order valence-electron chi connectivity index (χ3n) is 9.03. The summed E-state index contributed by atoms with van der Waals surface area (Å²) in [6.45, 7) is 5.38. The number of piperidine rings is 1. The van der Waals surface area contributed by atoms with Crippen molar-refractivity contribution in [2.45, 2.75) is 83.6 Å². The van der Waals surface area contributed by atoms with Crippen LogP contribution in [0.15, 0.2) is 12.1 Å². The first kappa shape index (κ1) is 33.2. The fourth-order valence-electron chi connectivity index (χ4n) is 7.31. The molecule has 3 N–H and O–H groups in total. The second-order valence-electron chi connectivity index (χ2n) is 11.9. The van der Waals surface area contributed by atoms with Gasteiger partial charge in [-0.25, -0.2) is 4.79 Å². The van der Waals surface area contributed by atoms with Crippen molar-refractivity contribution in [2.24, 2.45) is 23.7 Å². The summed E-state index contributed by atoms with van der Waals surface area (Å²) in [5, 5.41) is 29.2. The van der Waals surface area contributed by atoms with Crippen molar-refractivity contribution in [2.75, 3.05) is 20.2 Å². The van der Waals surface area contributed by atoms with E-state index in [1.165, 1.54) is 6.92 Å². The molecule has 0 aromatic heterocycles. The average molecular weight is 620 g/mol. The highest BCUT2D eigenvalue weighted by Gasteiger charge is 2.52. The quantitative estimate of drug-likeness (QED) is 0.229. The van der Waals surface area contributed by atoms with Crippen LogP contribution in [0.1, 0.15) is 63.5 Å². The molecule has 242 valence electrons. The van der Waals surface area contributed by atoms with Crippen LogP contribution in [-0.2, 0) is 46.3 Å². The number of carbonyl (C=O) groups is 5. The molecule has 0 unspecified atom stereocenters. The fourth-order valence-corrected chi connectivity index (χ4v) is 7.31. The van der Waals surface area contributed by atoms with Crippen LogP contribution in [0.3, 0.4) is 0 Å². The Morgan fingerprint density at radius 3 is 2.23 bits per heavy atom. The third-order valence-corrected chi connectivity index (χ3v) is 9.03. The molecule has 2 heterocycles. The van der Waals surface area contributed by atoms with Crippen LogP contribution in [0.25, 0.3) is 0 Å². The van der Waals surface area contributed by atoms with Crippen molar-refractivity contribution in [3.63, 3.8) is 0 Å². The average Bonchev–Trinajstić information content (AvgIpc) is 2.95. The minimum atomic E-state index is -1.54. The van der Waals surface area contributed by atoms with Gasteiger partial charge in [0.2, 0.25) is 6.29 Å². The van der Waals surface area contributed by atoms with Crippen molar-refractivity contribution < 1.29 is 58.2 Å². The molecular formula is C31H41NO12. The highest BCUT2D eigenvalue weighted by Crippen LogP contribution is 2.47. The maximum absolute atomic E-state index is 12.9. The van der Waals surface area contributed by atoms with Crippen LogP contribution in [0, 0.1) is 23.7 Å². The van der Waals surface area contributed by atoms with E-state index in [9.17, 15) is 39.3 Å². The van der Waals surface area contributed by atoms with Gasteiger partial charge in [-0.05, 0) is 68.7 Å². The molecule has 13 nitrogen and oxygen atoms in total. The molecule has 4 rings (SSSR count). The Morgan fingerprint density at radius 2 is 1.61 bits per heavy atom. The van der Waals surface area contributed by atoms with Crippen molar-refractivity contribution in [1.82, 2.24) is 4.90 Å². The van der Waals surface area contributed by atoms with Gasteiger partial charge >= 0.3 is 29.8 Å². The summed E-state index contributed by atoms with van der Waals surface area (Å²) >= 11 is 0. The monoisotopic (exact) mass is 619 g/mol. The summed E-state index contributed by atoms with van der Waals surface area (Å²) in [5.74, 6) is -8.41. The Bertz CT molecular complexity index is 1260. The van der Waals surface area contributed by atoms with Gasteiger partial charge in [-0.1, -0.05) is 13.0 Å². The summed E-state index contributed by atoms with van der Waals surface area (Å²) in [6, 6.07) is 3.83. The van der Waals surface area contributed by atoms with E-state index in [4.69, 9.17) is 18.9 Å². The second-order valence-corrected chi connectivity index (χ2v) is 11.9. The first-order valence-corrected chi connectivity index (χ1v) is 15.1. The zero-order valence-electron chi connectivity index (χ0n) is 25.2. The molecule has 0 radical (unpaired) electrons. The highest BCUT2D eigenvalue weighted by molar-refractivity contribution is 5.78. The SMILES string of the molecule is CCCN1CCC[C@@H]2Cc3c(ccc(OC(C)=O)c3O[C@@H]3O[C@H](C(=O)OC)[C@@H](CC(=O)O)[C@H](CC(=O)O)[C@H]3CC(=O)O)C[C@H]21. The number of carboxylic acid groups (broad SMARTS) is 3. The second kappa shape index (κ2) is 14.4. The van der Waals surface area contributed by atoms with Gasteiger partial charge < -0.3 is 34.3 Å². The summed E-state index contributed by atoms with van der Waals surface area (Å²) in [7, 11) is 1.09. The van der Waals surface area contributed by atoms with Gasteiger partial charge in [0.05, 0.1) is 20.0 Å². The van der Waals surface area contributed by atoms with Crippen molar-refractivity contribution in [3.05, 3.63) is 23.3 Å². The lowest BCUT2D eigenvalue weighted by Gasteiger charge is -2.46. The van der Waals surface area contributed by atoms with Gasteiger partial charge in [-0.15, -0.1) is 0 Å². The van der Waals surface area contributed by atoms with Gasteiger partial charge in [0.15, 0.2) is 17.6 Å². The molecule has 7 atom stereocenters. The number of benzene rings is 1. The minimum absolute atomic E-state index is 0.0886. The number of aliphatic carboxylic acids is 3. The standard InChI is InChI=1S/C31H41NO12/c1-4-9-32-10-5-6-18-11-19-17(12-23(18)32)7-8-24(42-16(2)33)28(19)43-31-22(15-27(38)39)20(13-25(34)35)21(14-26(36)37)29(44-31)30(40)41-3/h7-8,18,20-23,29,31H,4-6,9-15H2,1-3H3,(H,34,35)(H,36,37)(H,38,39)/t18-,20+,21+,22-,23-,29+,31-/m1/s1. The Morgan fingerprint density at radius 1 is 0.955 bits per heavy atom. The van der Waals surface area contributed by atoms with Crippen LogP contribution in [0.2, 0.25) is 0 Å². The van der Waals surface area contributed by atoms with Crippen LogP contribution < -0.4 is 9.47 Å². The molecule has 1 aromatic rings. The lowest BCUT2D eigenvalue weighted by atomic mass is 9.71. The van der Waals surface area contributed by atoms with Crippen molar-refractivity contribution >= 4 is 29.8 Å². The molecule has 2 fully saturated rings. The maximum atomic E-state index is 12.9. The number of likely N-dealkylation sites (tertiary alicyclic amines) is 1. The Balaban J connectivity index is 1.80. The smallest absolute Gasteiger partial charge is 0.335 e. The predicted octanol–water partition coefficient (Wildman–Crippen LogP) is 2.75. The number of nitrogens with zero attached hydrogens (tertiary/aromatic N) is 1. The first-order valence-electron chi connectivity index (χ1n) is 15.1.